The lowest BCUT2D eigenvalue weighted by molar-refractivity contribution is 0.355. The third-order valence-corrected chi connectivity index (χ3v) is 2.85. The van der Waals surface area contributed by atoms with Crippen molar-refractivity contribution in [3.8, 4) is 17.2 Å². The maximum atomic E-state index is 11.3. The highest BCUT2D eigenvalue weighted by Gasteiger charge is 2.03. The second kappa shape index (κ2) is 6.65. The average molecular weight is 288 g/mol. The van der Waals surface area contributed by atoms with Gasteiger partial charge in [-0.15, -0.1) is 0 Å². The summed E-state index contributed by atoms with van der Waals surface area (Å²) in [5.41, 5.74) is 0.430. The summed E-state index contributed by atoms with van der Waals surface area (Å²) in [6, 6.07) is 8.43. The summed E-state index contributed by atoms with van der Waals surface area (Å²) in [5.74, 6) is 2.15. The molecule has 0 bridgehead atoms. The van der Waals surface area contributed by atoms with E-state index in [2.05, 4.69) is 0 Å². The highest BCUT2D eigenvalue weighted by Crippen LogP contribution is 2.28. The van der Waals surface area contributed by atoms with Crippen LogP contribution in [-0.2, 0) is 0 Å². The molecule has 1 heterocycles. The smallest absolute Gasteiger partial charge is 0.339 e. The minimum atomic E-state index is -0.457. The molecular weight excluding hydrogens is 272 g/mol. The van der Waals surface area contributed by atoms with Gasteiger partial charge in [0.2, 0.25) is 0 Å². The maximum absolute atomic E-state index is 11.3. The molecule has 0 spiro atoms. The van der Waals surface area contributed by atoms with Crippen LogP contribution < -0.4 is 19.8 Å². The second-order valence-electron chi connectivity index (χ2n) is 4.17. The Morgan fingerprint density at radius 3 is 2.33 bits per heavy atom. The van der Waals surface area contributed by atoms with Gasteiger partial charge < -0.3 is 18.6 Å². The summed E-state index contributed by atoms with van der Waals surface area (Å²) >= 11 is 0. The first-order valence-corrected chi connectivity index (χ1v) is 6.25. The molecule has 5 heteroatoms. The quantitative estimate of drug-likeness (QED) is 0.846. The normalized spacial score (nSPS) is 10.6. The summed E-state index contributed by atoms with van der Waals surface area (Å²) in [6.07, 6.45) is 3.49. The number of ether oxygens (including phenoxy) is 3. The summed E-state index contributed by atoms with van der Waals surface area (Å²) < 4.78 is 20.5. The van der Waals surface area contributed by atoms with E-state index in [-0.39, 0.29) is 0 Å². The molecular formula is C16H16O5. The van der Waals surface area contributed by atoms with Gasteiger partial charge in [-0.2, -0.15) is 0 Å². The van der Waals surface area contributed by atoms with Crippen LogP contribution in [0.3, 0.4) is 0 Å². The van der Waals surface area contributed by atoms with E-state index in [9.17, 15) is 4.79 Å². The van der Waals surface area contributed by atoms with Gasteiger partial charge in [-0.05, 0) is 23.8 Å². The first-order chi connectivity index (χ1) is 10.2. The number of hydrogen-bond donors (Lipinski definition) is 0. The average Bonchev–Trinajstić information content (AvgIpc) is 2.52. The predicted octanol–water partition coefficient (Wildman–Crippen LogP) is 2.84. The molecule has 0 fully saturated rings. The fraction of sp³-hybridized carbons (Fsp3) is 0.188. The van der Waals surface area contributed by atoms with Crippen molar-refractivity contribution in [3.05, 3.63) is 52.1 Å². The Hall–Kier alpha value is -2.69. The zero-order valence-electron chi connectivity index (χ0n) is 12.1. The molecule has 0 N–H and O–H groups in total. The van der Waals surface area contributed by atoms with E-state index in [0.29, 0.717) is 23.0 Å². The molecule has 1 aromatic carbocycles. The van der Waals surface area contributed by atoms with Crippen LogP contribution in [0.4, 0.5) is 0 Å². The molecule has 0 saturated heterocycles. The molecule has 0 unspecified atom stereocenters. The molecule has 0 aliphatic carbocycles. The highest BCUT2D eigenvalue weighted by molar-refractivity contribution is 5.69. The topological polar surface area (TPSA) is 57.9 Å². The maximum Gasteiger partial charge on any atom is 0.339 e. The molecule has 0 radical (unpaired) electrons. The van der Waals surface area contributed by atoms with Crippen molar-refractivity contribution in [3.63, 3.8) is 0 Å². The van der Waals surface area contributed by atoms with E-state index in [1.807, 2.05) is 12.1 Å². The van der Waals surface area contributed by atoms with Crippen LogP contribution in [0.2, 0.25) is 0 Å². The van der Waals surface area contributed by atoms with Gasteiger partial charge in [0.25, 0.3) is 0 Å². The van der Waals surface area contributed by atoms with Crippen LogP contribution in [0.15, 0.2) is 39.5 Å². The molecule has 5 nitrogen and oxygen atoms in total. The van der Waals surface area contributed by atoms with Crippen molar-refractivity contribution in [2.45, 2.75) is 0 Å². The summed E-state index contributed by atoms with van der Waals surface area (Å²) in [4.78, 5) is 11.3. The number of benzene rings is 1. The van der Waals surface area contributed by atoms with Crippen LogP contribution in [0.25, 0.3) is 12.2 Å². The molecule has 110 valence electrons. The lowest BCUT2D eigenvalue weighted by Crippen LogP contribution is -1.98. The summed E-state index contributed by atoms with van der Waals surface area (Å²) in [6.45, 7) is 0. The van der Waals surface area contributed by atoms with Crippen LogP contribution in [0, 0.1) is 0 Å². The van der Waals surface area contributed by atoms with Gasteiger partial charge in [0.05, 0.1) is 27.4 Å². The van der Waals surface area contributed by atoms with E-state index in [0.717, 1.165) is 5.56 Å². The van der Waals surface area contributed by atoms with Gasteiger partial charge in [0.1, 0.15) is 11.5 Å². The summed E-state index contributed by atoms with van der Waals surface area (Å²) in [7, 11) is 4.65. The third-order valence-electron chi connectivity index (χ3n) is 2.85. The Labute approximate surface area is 122 Å². The first kappa shape index (κ1) is 14.7. The highest BCUT2D eigenvalue weighted by atomic mass is 16.5. The second-order valence-corrected chi connectivity index (χ2v) is 4.17. The zero-order valence-corrected chi connectivity index (χ0v) is 12.1. The Bertz CT molecular complexity index is 700. The molecule has 0 amide bonds. The fourth-order valence-electron chi connectivity index (χ4n) is 1.81. The van der Waals surface area contributed by atoms with Gasteiger partial charge in [0.15, 0.2) is 11.5 Å². The van der Waals surface area contributed by atoms with Crippen molar-refractivity contribution in [1.82, 2.24) is 0 Å². The van der Waals surface area contributed by atoms with Gasteiger partial charge in [-0.1, -0.05) is 12.1 Å². The van der Waals surface area contributed by atoms with Crippen molar-refractivity contribution in [1.29, 1.82) is 0 Å². The number of methoxy groups -OCH3 is 3. The first-order valence-electron chi connectivity index (χ1n) is 6.25. The van der Waals surface area contributed by atoms with Gasteiger partial charge in [-0.25, -0.2) is 4.79 Å². The Kier molecular flexibility index (Phi) is 4.66. The molecule has 0 atom stereocenters. The largest absolute Gasteiger partial charge is 0.496 e. The number of hydrogen-bond acceptors (Lipinski definition) is 5. The van der Waals surface area contributed by atoms with Crippen molar-refractivity contribution >= 4 is 12.2 Å². The van der Waals surface area contributed by atoms with Crippen LogP contribution in [0.1, 0.15) is 11.3 Å². The van der Waals surface area contributed by atoms with Gasteiger partial charge >= 0.3 is 5.63 Å². The molecule has 0 saturated carbocycles. The minimum Gasteiger partial charge on any atom is -0.496 e. The van der Waals surface area contributed by atoms with Crippen LogP contribution in [0.5, 0.6) is 17.2 Å². The Balaban J connectivity index is 2.29. The van der Waals surface area contributed by atoms with E-state index in [4.69, 9.17) is 18.6 Å². The molecule has 21 heavy (non-hydrogen) atoms. The number of rotatable bonds is 5. The Morgan fingerprint density at radius 1 is 0.905 bits per heavy atom. The molecule has 1 aromatic heterocycles. The molecule has 2 aromatic rings. The van der Waals surface area contributed by atoms with E-state index >= 15 is 0 Å². The zero-order chi connectivity index (χ0) is 15.2. The van der Waals surface area contributed by atoms with Crippen LogP contribution in [-0.4, -0.2) is 21.3 Å². The summed E-state index contributed by atoms with van der Waals surface area (Å²) in [5, 5.41) is 0. The standard InChI is InChI=1S/C16H16O5/c1-18-13-9-12(21-16(17)10-13)6-4-11-5-7-14(19-2)15(8-11)20-3/h4-10H,1-3H3/b6-4+. The minimum absolute atomic E-state index is 0.411. The van der Waals surface area contributed by atoms with E-state index in [1.165, 1.54) is 13.2 Å². The lowest BCUT2D eigenvalue weighted by Gasteiger charge is -2.07. The van der Waals surface area contributed by atoms with Gasteiger partial charge in [0, 0.05) is 6.07 Å². The van der Waals surface area contributed by atoms with Gasteiger partial charge in [-0.3, -0.25) is 0 Å². The SMILES string of the molecule is COc1cc(/C=C/c2ccc(OC)c(OC)c2)oc(=O)c1. The van der Waals surface area contributed by atoms with Crippen molar-refractivity contribution in [2.75, 3.05) is 21.3 Å². The monoisotopic (exact) mass is 288 g/mol. The van der Waals surface area contributed by atoms with Crippen LogP contribution >= 0.6 is 0 Å². The molecule has 0 aliphatic rings. The van der Waals surface area contributed by atoms with E-state index < -0.39 is 5.63 Å². The third kappa shape index (κ3) is 3.66. The van der Waals surface area contributed by atoms with Crippen molar-refractivity contribution in [2.24, 2.45) is 0 Å². The molecule has 2 rings (SSSR count). The van der Waals surface area contributed by atoms with E-state index in [1.54, 1.807) is 38.5 Å². The molecule has 0 aliphatic heterocycles. The Morgan fingerprint density at radius 2 is 1.67 bits per heavy atom. The lowest BCUT2D eigenvalue weighted by atomic mass is 10.1. The van der Waals surface area contributed by atoms with Crippen molar-refractivity contribution < 1.29 is 18.6 Å². The fourth-order valence-corrected chi connectivity index (χ4v) is 1.81. The predicted molar refractivity (Wildman–Crippen MR) is 80.0 cm³/mol.